The molecule has 8 nitrogen and oxygen atoms in total. The van der Waals surface area contributed by atoms with Crippen LogP contribution in [0.5, 0.6) is 0 Å². The summed E-state index contributed by atoms with van der Waals surface area (Å²) in [6, 6.07) is 20.6. The molecule has 0 bridgehead atoms. The zero-order valence-electron chi connectivity index (χ0n) is 15.7. The van der Waals surface area contributed by atoms with E-state index < -0.39 is 9.85 Å². The molecule has 0 unspecified atom stereocenters. The van der Waals surface area contributed by atoms with Crippen LogP contribution < -0.4 is 0 Å². The van der Waals surface area contributed by atoms with Crippen molar-refractivity contribution in [1.82, 2.24) is 0 Å². The Morgan fingerprint density at radius 3 is 2.30 bits per heavy atom. The van der Waals surface area contributed by atoms with Crippen LogP contribution in [0.15, 0.2) is 82.8 Å². The van der Waals surface area contributed by atoms with Crippen LogP contribution in [0.25, 0.3) is 0 Å². The fourth-order valence-corrected chi connectivity index (χ4v) is 3.50. The maximum absolute atomic E-state index is 11.4. The predicted molar refractivity (Wildman–Crippen MR) is 115 cm³/mol. The average molecular weight is 423 g/mol. The minimum absolute atomic E-state index is 0.000199. The molecule has 0 saturated carbocycles. The highest BCUT2D eigenvalue weighted by Crippen LogP contribution is 2.32. The number of hydrogen-bond donors (Lipinski definition) is 0. The summed E-state index contributed by atoms with van der Waals surface area (Å²) in [6.45, 7) is 0.127. The maximum Gasteiger partial charge on any atom is 0.283 e. The second-order valence-electron chi connectivity index (χ2n) is 6.19. The number of oxime groups is 1. The van der Waals surface area contributed by atoms with E-state index >= 15 is 0 Å². The SMILES string of the molecule is O=[N+]([O-])c1ccc(CO/N=C\c2ccc(SCc3ccccc3)c([N+](=O)[O-])c2)cc1. The molecule has 0 atom stereocenters. The van der Waals surface area contributed by atoms with Crippen LogP contribution in [0.4, 0.5) is 11.4 Å². The monoisotopic (exact) mass is 423 g/mol. The highest BCUT2D eigenvalue weighted by Gasteiger charge is 2.15. The van der Waals surface area contributed by atoms with Crippen LogP contribution in [0.2, 0.25) is 0 Å². The van der Waals surface area contributed by atoms with Gasteiger partial charge in [-0.1, -0.05) is 41.6 Å². The Bertz CT molecular complexity index is 1060. The van der Waals surface area contributed by atoms with E-state index in [2.05, 4.69) is 5.16 Å². The number of thioether (sulfide) groups is 1. The molecule has 0 saturated heterocycles. The molecule has 0 spiro atoms. The van der Waals surface area contributed by atoms with Gasteiger partial charge in [0, 0.05) is 29.5 Å². The number of rotatable bonds is 9. The molecule has 0 N–H and O–H groups in total. The van der Waals surface area contributed by atoms with E-state index in [4.69, 9.17) is 4.84 Å². The molecule has 0 radical (unpaired) electrons. The standard InChI is InChI=1S/C21H17N3O5S/c25-23(26)19-9-6-16(7-10-19)14-29-22-13-18-8-11-21(20(12-18)24(27)28)30-15-17-4-2-1-3-5-17/h1-13H,14-15H2/b22-13-. The number of nitro groups is 2. The lowest BCUT2D eigenvalue weighted by Crippen LogP contribution is -1.94. The summed E-state index contributed by atoms with van der Waals surface area (Å²) in [5, 5.41) is 25.9. The summed E-state index contributed by atoms with van der Waals surface area (Å²) in [6.07, 6.45) is 1.39. The summed E-state index contributed by atoms with van der Waals surface area (Å²) in [4.78, 5) is 27.0. The Balaban J connectivity index is 1.60. The van der Waals surface area contributed by atoms with Crippen molar-refractivity contribution >= 4 is 29.4 Å². The predicted octanol–water partition coefficient (Wildman–Crippen LogP) is 5.35. The smallest absolute Gasteiger partial charge is 0.283 e. The first-order valence-corrected chi connectivity index (χ1v) is 9.85. The normalized spacial score (nSPS) is 10.8. The summed E-state index contributed by atoms with van der Waals surface area (Å²) in [5.74, 6) is 0.632. The Morgan fingerprint density at radius 1 is 0.900 bits per heavy atom. The molecular weight excluding hydrogens is 406 g/mol. The van der Waals surface area contributed by atoms with Gasteiger partial charge in [-0.3, -0.25) is 20.2 Å². The van der Waals surface area contributed by atoms with Crippen LogP contribution in [-0.2, 0) is 17.2 Å². The van der Waals surface area contributed by atoms with Crippen molar-refractivity contribution in [2.75, 3.05) is 0 Å². The van der Waals surface area contributed by atoms with Gasteiger partial charge in [0.25, 0.3) is 11.4 Å². The van der Waals surface area contributed by atoms with Gasteiger partial charge < -0.3 is 4.84 Å². The third-order valence-electron chi connectivity index (χ3n) is 4.07. The van der Waals surface area contributed by atoms with Crippen LogP contribution in [0.1, 0.15) is 16.7 Å². The largest absolute Gasteiger partial charge is 0.391 e. The molecule has 0 heterocycles. The number of non-ortho nitro benzene ring substituents is 1. The molecule has 9 heteroatoms. The lowest BCUT2D eigenvalue weighted by Gasteiger charge is -2.04. The van der Waals surface area contributed by atoms with Crippen LogP contribution in [0, 0.1) is 20.2 Å². The van der Waals surface area contributed by atoms with E-state index in [1.165, 1.54) is 36.2 Å². The van der Waals surface area contributed by atoms with Gasteiger partial charge in [-0.25, -0.2) is 0 Å². The number of nitrogens with zero attached hydrogens (tertiary/aromatic N) is 3. The van der Waals surface area contributed by atoms with Crippen molar-refractivity contribution in [3.05, 3.63) is 110 Å². The van der Waals surface area contributed by atoms with Gasteiger partial charge in [0.1, 0.15) is 6.61 Å². The molecule has 0 aliphatic carbocycles. The lowest BCUT2D eigenvalue weighted by atomic mass is 10.2. The molecule has 0 aliphatic rings. The van der Waals surface area contributed by atoms with Crippen LogP contribution >= 0.6 is 11.8 Å². The molecule has 3 rings (SSSR count). The van der Waals surface area contributed by atoms with Gasteiger partial charge in [0.15, 0.2) is 0 Å². The lowest BCUT2D eigenvalue weighted by molar-refractivity contribution is -0.387. The van der Waals surface area contributed by atoms with Gasteiger partial charge in [0.05, 0.1) is 21.0 Å². The van der Waals surface area contributed by atoms with E-state index in [0.717, 1.165) is 11.1 Å². The molecule has 3 aromatic rings. The first-order chi connectivity index (χ1) is 14.5. The van der Waals surface area contributed by atoms with Crippen molar-refractivity contribution in [3.63, 3.8) is 0 Å². The van der Waals surface area contributed by atoms with Gasteiger partial charge in [-0.2, -0.15) is 0 Å². The minimum Gasteiger partial charge on any atom is -0.391 e. The van der Waals surface area contributed by atoms with E-state index in [1.807, 2.05) is 30.3 Å². The molecule has 0 aliphatic heterocycles. The van der Waals surface area contributed by atoms with Gasteiger partial charge in [-0.15, -0.1) is 11.8 Å². The Hall–Kier alpha value is -3.72. The second-order valence-corrected chi connectivity index (χ2v) is 7.21. The number of nitro benzene ring substituents is 2. The van der Waals surface area contributed by atoms with E-state index in [-0.39, 0.29) is 18.0 Å². The summed E-state index contributed by atoms with van der Waals surface area (Å²) in [7, 11) is 0. The first-order valence-electron chi connectivity index (χ1n) is 8.87. The van der Waals surface area contributed by atoms with Crippen molar-refractivity contribution < 1.29 is 14.7 Å². The molecule has 152 valence electrons. The fraction of sp³-hybridized carbons (Fsp3) is 0.0952. The van der Waals surface area contributed by atoms with E-state index in [1.54, 1.807) is 24.3 Å². The second kappa shape index (κ2) is 10.2. The maximum atomic E-state index is 11.4. The zero-order chi connectivity index (χ0) is 21.3. The number of benzene rings is 3. The summed E-state index contributed by atoms with van der Waals surface area (Å²) >= 11 is 1.40. The van der Waals surface area contributed by atoms with Crippen molar-refractivity contribution in [1.29, 1.82) is 0 Å². The van der Waals surface area contributed by atoms with E-state index in [9.17, 15) is 20.2 Å². The Kier molecular flexibility index (Phi) is 7.12. The van der Waals surface area contributed by atoms with Crippen molar-refractivity contribution in [2.45, 2.75) is 17.3 Å². The topological polar surface area (TPSA) is 108 Å². The molecule has 0 fully saturated rings. The molecule has 0 aromatic heterocycles. The van der Waals surface area contributed by atoms with Crippen LogP contribution in [0.3, 0.4) is 0 Å². The first kappa shape index (κ1) is 21.0. The summed E-state index contributed by atoms with van der Waals surface area (Å²) in [5.41, 5.74) is 2.35. The van der Waals surface area contributed by atoms with Gasteiger partial charge in [-0.05, 0) is 29.3 Å². The van der Waals surface area contributed by atoms with Gasteiger partial charge >= 0.3 is 0 Å². The van der Waals surface area contributed by atoms with Crippen molar-refractivity contribution in [2.24, 2.45) is 5.16 Å². The average Bonchev–Trinajstić information content (AvgIpc) is 2.76. The fourth-order valence-electron chi connectivity index (χ4n) is 2.54. The number of hydrogen-bond acceptors (Lipinski definition) is 7. The highest BCUT2D eigenvalue weighted by atomic mass is 32.2. The van der Waals surface area contributed by atoms with E-state index in [0.29, 0.717) is 16.2 Å². The Morgan fingerprint density at radius 2 is 1.63 bits per heavy atom. The summed E-state index contributed by atoms with van der Waals surface area (Å²) < 4.78 is 0. The third-order valence-corrected chi connectivity index (χ3v) is 5.21. The minimum atomic E-state index is -0.475. The highest BCUT2D eigenvalue weighted by molar-refractivity contribution is 7.98. The third kappa shape index (κ3) is 5.89. The molecule has 0 amide bonds. The molecule has 3 aromatic carbocycles. The Labute approximate surface area is 176 Å². The molecule has 30 heavy (non-hydrogen) atoms. The van der Waals surface area contributed by atoms with Gasteiger partial charge in [0.2, 0.25) is 0 Å². The van der Waals surface area contributed by atoms with Crippen molar-refractivity contribution in [3.8, 4) is 0 Å². The zero-order valence-corrected chi connectivity index (χ0v) is 16.5. The quantitative estimate of drug-likeness (QED) is 0.199. The van der Waals surface area contributed by atoms with Crippen LogP contribution in [-0.4, -0.2) is 16.1 Å². The molecular formula is C21H17N3O5S.